The molecule has 3 aromatic carbocycles. The number of nitrogens with zero attached hydrogens (tertiary/aromatic N) is 4. The SMILES string of the molecule is CC1(C)O[C@@H]2[C@@H]([C@@H]3OC(C)(C)O[C@H]3CS(=O)(=O)c3nnnn3-c3ccccc3)O[C@H](CO[Si](c3ccccc3)(c3ccccc3)C(C)(C)C)C[C@@H]2O1. The van der Waals surface area contributed by atoms with E-state index >= 15 is 0 Å². The lowest BCUT2D eigenvalue weighted by atomic mass is 9.93. The normalized spacial score (nSPS) is 27.4. The molecule has 3 aliphatic heterocycles. The summed E-state index contributed by atoms with van der Waals surface area (Å²) in [6.45, 7) is 14.3. The molecule has 0 bridgehead atoms. The fourth-order valence-corrected chi connectivity index (χ4v) is 14.0. The summed E-state index contributed by atoms with van der Waals surface area (Å²) in [7, 11) is -6.98. The molecule has 12 nitrogen and oxygen atoms in total. The molecule has 0 radical (unpaired) electrons. The summed E-state index contributed by atoms with van der Waals surface area (Å²) in [6.07, 6.45) is -3.28. The molecule has 0 unspecified atom stereocenters. The van der Waals surface area contributed by atoms with Crippen molar-refractivity contribution in [2.24, 2.45) is 0 Å². The fraction of sp³-hybridized carbons (Fsp3) is 0.500. The van der Waals surface area contributed by atoms with Crippen LogP contribution in [0.25, 0.3) is 5.69 Å². The Morgan fingerprint density at radius 1 is 0.788 bits per heavy atom. The van der Waals surface area contributed by atoms with Gasteiger partial charge in [-0.1, -0.05) is 105 Å². The summed E-state index contributed by atoms with van der Waals surface area (Å²) in [5.41, 5.74) is 0.521. The predicted octanol–water partition coefficient (Wildman–Crippen LogP) is 4.21. The van der Waals surface area contributed by atoms with E-state index < -0.39 is 66.0 Å². The molecule has 278 valence electrons. The molecule has 0 N–H and O–H groups in total. The Morgan fingerprint density at radius 3 is 1.94 bits per heavy atom. The minimum atomic E-state index is -4.09. The molecule has 4 heterocycles. The number of hydrogen-bond acceptors (Lipinski definition) is 11. The van der Waals surface area contributed by atoms with Crippen molar-refractivity contribution in [3.05, 3.63) is 91.0 Å². The predicted molar refractivity (Wildman–Crippen MR) is 196 cm³/mol. The van der Waals surface area contributed by atoms with Gasteiger partial charge in [-0.2, -0.15) is 4.68 Å². The van der Waals surface area contributed by atoms with Gasteiger partial charge in [0, 0.05) is 6.42 Å². The van der Waals surface area contributed by atoms with E-state index in [1.54, 1.807) is 38.1 Å². The Hall–Kier alpha value is -3.34. The molecule has 3 saturated heterocycles. The third kappa shape index (κ3) is 7.15. The van der Waals surface area contributed by atoms with E-state index in [9.17, 15) is 8.42 Å². The molecule has 0 amide bonds. The van der Waals surface area contributed by atoms with Crippen LogP contribution in [-0.2, 0) is 37.9 Å². The number of rotatable bonds is 10. The van der Waals surface area contributed by atoms with Crippen LogP contribution in [0.2, 0.25) is 5.04 Å². The zero-order valence-corrected chi connectivity index (χ0v) is 32.5. The second-order valence-electron chi connectivity index (χ2n) is 15.7. The molecule has 0 spiro atoms. The van der Waals surface area contributed by atoms with Gasteiger partial charge in [0.15, 0.2) is 11.6 Å². The van der Waals surface area contributed by atoms with Crippen LogP contribution in [-0.4, -0.2) is 97.5 Å². The average molecular weight is 749 g/mol. The summed E-state index contributed by atoms with van der Waals surface area (Å²) in [4.78, 5) is 0. The van der Waals surface area contributed by atoms with Crippen LogP contribution >= 0.6 is 0 Å². The summed E-state index contributed by atoms with van der Waals surface area (Å²) < 4.78 is 69.3. The van der Waals surface area contributed by atoms with Gasteiger partial charge in [-0.15, -0.1) is 0 Å². The number of hydrogen-bond donors (Lipinski definition) is 0. The van der Waals surface area contributed by atoms with Gasteiger partial charge >= 0.3 is 0 Å². The lowest BCUT2D eigenvalue weighted by molar-refractivity contribution is -0.207. The monoisotopic (exact) mass is 748 g/mol. The highest BCUT2D eigenvalue weighted by Crippen LogP contribution is 2.44. The van der Waals surface area contributed by atoms with Gasteiger partial charge in [0.05, 0.1) is 30.3 Å². The van der Waals surface area contributed by atoms with Crippen molar-refractivity contribution in [1.82, 2.24) is 20.2 Å². The van der Waals surface area contributed by atoms with Crippen LogP contribution in [0.5, 0.6) is 0 Å². The highest BCUT2D eigenvalue weighted by Gasteiger charge is 2.59. The van der Waals surface area contributed by atoms with Gasteiger partial charge in [-0.3, -0.25) is 0 Å². The van der Waals surface area contributed by atoms with Crippen LogP contribution in [0.1, 0.15) is 54.9 Å². The minimum absolute atomic E-state index is 0.234. The Bertz CT molecular complexity index is 1900. The number of benzene rings is 3. The second kappa shape index (κ2) is 13.8. The van der Waals surface area contributed by atoms with Gasteiger partial charge < -0.3 is 28.1 Å². The molecule has 0 saturated carbocycles. The number of ether oxygens (including phenoxy) is 5. The van der Waals surface area contributed by atoms with Crippen molar-refractivity contribution in [3.63, 3.8) is 0 Å². The van der Waals surface area contributed by atoms with E-state index in [0.29, 0.717) is 12.1 Å². The lowest BCUT2D eigenvalue weighted by Crippen LogP contribution is -2.67. The summed E-state index contributed by atoms with van der Waals surface area (Å²) >= 11 is 0. The topological polar surface area (TPSA) is 133 Å². The van der Waals surface area contributed by atoms with Crippen molar-refractivity contribution < 1.29 is 36.5 Å². The quantitative estimate of drug-likeness (QED) is 0.216. The van der Waals surface area contributed by atoms with Crippen LogP contribution in [0.3, 0.4) is 0 Å². The van der Waals surface area contributed by atoms with E-state index in [4.69, 9.17) is 28.1 Å². The van der Waals surface area contributed by atoms with Gasteiger partial charge in [0.2, 0.25) is 9.84 Å². The highest BCUT2D eigenvalue weighted by molar-refractivity contribution is 7.91. The number of para-hydroxylation sites is 1. The second-order valence-corrected chi connectivity index (χ2v) is 21.9. The molecule has 52 heavy (non-hydrogen) atoms. The lowest BCUT2D eigenvalue weighted by Gasteiger charge is -2.45. The molecular formula is C38H48N4O8SSi. The number of tetrazole rings is 1. The van der Waals surface area contributed by atoms with Crippen molar-refractivity contribution in [2.75, 3.05) is 12.4 Å². The van der Waals surface area contributed by atoms with E-state index in [-0.39, 0.29) is 22.9 Å². The zero-order chi connectivity index (χ0) is 36.9. The molecule has 1 aromatic heterocycles. The largest absolute Gasteiger partial charge is 0.405 e. The number of aromatic nitrogens is 4. The smallest absolute Gasteiger partial charge is 0.272 e. The maximum Gasteiger partial charge on any atom is 0.272 e. The maximum absolute atomic E-state index is 14.0. The minimum Gasteiger partial charge on any atom is -0.405 e. The summed E-state index contributed by atoms with van der Waals surface area (Å²) in [5.74, 6) is -2.44. The first-order valence-electron chi connectivity index (χ1n) is 17.8. The molecular weight excluding hydrogens is 701 g/mol. The highest BCUT2D eigenvalue weighted by atomic mass is 32.2. The van der Waals surface area contributed by atoms with Crippen LogP contribution in [0.4, 0.5) is 0 Å². The van der Waals surface area contributed by atoms with Crippen molar-refractivity contribution in [3.8, 4) is 5.69 Å². The van der Waals surface area contributed by atoms with E-state index in [0.717, 1.165) is 10.4 Å². The number of fused-ring (bicyclic) bond motifs is 1. The molecule has 14 heteroatoms. The third-order valence-electron chi connectivity index (χ3n) is 9.94. The van der Waals surface area contributed by atoms with Crippen molar-refractivity contribution in [2.45, 2.75) is 113 Å². The van der Waals surface area contributed by atoms with Crippen molar-refractivity contribution >= 4 is 28.5 Å². The first-order chi connectivity index (χ1) is 24.6. The molecule has 6 atom stereocenters. The first kappa shape index (κ1) is 37.0. The average Bonchev–Trinajstić information content (AvgIpc) is 3.79. The molecule has 3 fully saturated rings. The standard InChI is InChI=1S/C38H48N4O8SSi/c1-36(2,3)52(28-19-13-9-14-20-28,29-21-15-10-16-22-29)45-24-27-23-30-32(49-37(4,5)47-30)34(46-27)33-31(48-38(6,7)50-33)25-51(43,44)35-39-40-41-42(35)26-17-11-8-12-18-26/h8-22,27,30-34H,23-25H2,1-7H3/t27-,30-,31-,32-,33+,34-/m0/s1. The summed E-state index contributed by atoms with van der Waals surface area (Å²) in [6, 6.07) is 29.8. The molecule has 4 aromatic rings. The molecule has 3 aliphatic rings. The van der Waals surface area contributed by atoms with E-state index in [2.05, 4.69) is 84.8 Å². The molecule has 7 rings (SSSR count). The first-order valence-corrected chi connectivity index (χ1v) is 21.3. The van der Waals surface area contributed by atoms with Gasteiger partial charge in [-0.05, 0) is 65.7 Å². The van der Waals surface area contributed by atoms with Gasteiger partial charge in [-0.25, -0.2) is 8.42 Å². The van der Waals surface area contributed by atoms with Crippen LogP contribution in [0.15, 0.2) is 96.2 Å². The fourth-order valence-electron chi connectivity index (χ4n) is 7.95. The van der Waals surface area contributed by atoms with E-state index in [1.807, 2.05) is 32.0 Å². The maximum atomic E-state index is 14.0. The Kier molecular flexibility index (Phi) is 9.83. The zero-order valence-electron chi connectivity index (χ0n) is 30.7. The van der Waals surface area contributed by atoms with Crippen LogP contribution in [0, 0.1) is 0 Å². The van der Waals surface area contributed by atoms with E-state index in [1.165, 1.54) is 4.68 Å². The Labute approximate surface area is 306 Å². The Balaban J connectivity index is 1.20. The van der Waals surface area contributed by atoms with Gasteiger partial charge in [0.25, 0.3) is 13.5 Å². The molecule has 0 aliphatic carbocycles. The van der Waals surface area contributed by atoms with Crippen LogP contribution < -0.4 is 10.4 Å². The Morgan fingerprint density at radius 2 is 1.35 bits per heavy atom. The van der Waals surface area contributed by atoms with Crippen molar-refractivity contribution in [1.29, 1.82) is 0 Å². The van der Waals surface area contributed by atoms with Gasteiger partial charge in [0.1, 0.15) is 24.4 Å². The summed E-state index contributed by atoms with van der Waals surface area (Å²) in [5, 5.41) is 13.4. The third-order valence-corrected chi connectivity index (χ3v) is 16.5. The number of sulfone groups is 1.